The van der Waals surface area contributed by atoms with E-state index in [0.29, 0.717) is 24.8 Å². The Morgan fingerprint density at radius 2 is 0.848 bits per heavy atom. The highest BCUT2D eigenvalue weighted by molar-refractivity contribution is 6.23. The third-order valence-electron chi connectivity index (χ3n) is 14.8. The number of hydrogen-bond acceptors (Lipinski definition) is 12. The molecule has 4 aromatic carbocycles. The predicted octanol–water partition coefficient (Wildman–Crippen LogP) is 4.81. The summed E-state index contributed by atoms with van der Waals surface area (Å²) in [6.07, 6.45) is 5.21. The average Bonchev–Trinajstić information content (AvgIpc) is 4.02. The number of imide groups is 6. The molecule has 5 fully saturated rings. The van der Waals surface area contributed by atoms with Crippen molar-refractivity contribution in [3.8, 4) is 0 Å². The fraction of sp³-hybridized carbons (Fsp3) is 0.345. The standard InChI is InChI=1S/C15H12N2O2.C12H12N2O3.C12H18N2O3.C12H14N2O2.C7H11NO2/c18-13-15(17-14(19)16-13,11-7-3-1-4-8-11)12-9-5-2-6-10-12;1-2-12(8-6-4-3-5-7-8)9(15)13-11(17)14-10(12)16;1-4-6-8(3)12(7-5-2)9(15)13-11(17)14-10(12)16;1-2-12(9-6-4-3-5-7-9)10(15)13-8-14-11(12)16;1-3-7(2)4-5(9)8-6(7)10/h1-10H,(H2,16,17,18,19);3-7H,2H2,1H3,(H2,13,14,15,16,17);5,8H,2,4,6-7H2,1,3H3,(H2,13,14,15,16,17);3-7H,2,8H2,1H3,(H,13,15)(H,14,16);3-4H2,1-2H3,(H,8,9,10). The smallest absolute Gasteiger partial charge is 0.328 e. The van der Waals surface area contributed by atoms with Crippen LogP contribution < -0.4 is 47.9 Å². The van der Waals surface area contributed by atoms with Crippen LogP contribution in [0.3, 0.4) is 0 Å². The monoisotopic (exact) mass is 1080 g/mol. The summed E-state index contributed by atoms with van der Waals surface area (Å²) in [5.74, 6) is -3.38. The van der Waals surface area contributed by atoms with Crippen molar-refractivity contribution in [2.24, 2.45) is 16.7 Å². The lowest BCUT2D eigenvalue weighted by Gasteiger charge is -2.37. The van der Waals surface area contributed by atoms with E-state index in [9.17, 15) is 57.5 Å². The van der Waals surface area contributed by atoms with Crippen molar-refractivity contribution in [2.45, 2.75) is 103 Å². The topological polar surface area (TPSA) is 313 Å². The Bertz CT molecular complexity index is 2880. The highest BCUT2D eigenvalue weighted by Crippen LogP contribution is 2.38. The second-order valence-corrected chi connectivity index (χ2v) is 19.4. The second kappa shape index (κ2) is 26.3. The summed E-state index contributed by atoms with van der Waals surface area (Å²) in [6.45, 7) is 14.9. The molecule has 9 rings (SSSR count). The van der Waals surface area contributed by atoms with E-state index in [2.05, 4.69) is 54.4 Å². The highest BCUT2D eigenvalue weighted by atomic mass is 16.2. The fourth-order valence-electron chi connectivity index (χ4n) is 9.94. The van der Waals surface area contributed by atoms with Crippen LogP contribution in [0.15, 0.2) is 134 Å². The molecular formula is C58H67N9O12. The number of amides is 15. The zero-order chi connectivity index (χ0) is 58.2. The van der Waals surface area contributed by atoms with Gasteiger partial charge in [0.1, 0.15) is 5.41 Å². The largest absolute Gasteiger partial charge is 0.337 e. The van der Waals surface area contributed by atoms with Gasteiger partial charge in [0.25, 0.3) is 5.91 Å². The Balaban J connectivity index is 0.000000184. The van der Waals surface area contributed by atoms with Gasteiger partial charge in [0.15, 0.2) is 16.4 Å². The van der Waals surface area contributed by atoms with Gasteiger partial charge in [-0.15, -0.1) is 6.58 Å². The molecule has 5 saturated heterocycles. The van der Waals surface area contributed by atoms with Gasteiger partial charge in [-0.05, 0) is 60.3 Å². The first-order valence-corrected chi connectivity index (χ1v) is 25.8. The number of hydrogen-bond donors (Lipinski definition) is 9. The van der Waals surface area contributed by atoms with Gasteiger partial charge in [0.2, 0.25) is 47.3 Å². The van der Waals surface area contributed by atoms with Crippen LogP contribution in [0.5, 0.6) is 0 Å². The minimum atomic E-state index is -1.31. The normalized spacial score (nSPS) is 20.4. The van der Waals surface area contributed by atoms with E-state index in [0.717, 1.165) is 36.0 Å². The lowest BCUT2D eigenvalue weighted by atomic mass is 9.69. The van der Waals surface area contributed by atoms with E-state index < -0.39 is 68.9 Å². The minimum absolute atomic E-state index is 0.125. The summed E-state index contributed by atoms with van der Waals surface area (Å²) in [4.78, 5) is 140. The summed E-state index contributed by atoms with van der Waals surface area (Å²) in [6, 6.07) is 34.4. The lowest BCUT2D eigenvalue weighted by molar-refractivity contribution is -0.148. The van der Waals surface area contributed by atoms with Crippen molar-refractivity contribution in [1.82, 2.24) is 47.9 Å². The molecule has 9 N–H and O–H groups in total. The first-order chi connectivity index (χ1) is 37.6. The highest BCUT2D eigenvalue weighted by Gasteiger charge is 2.54. The third-order valence-corrected chi connectivity index (χ3v) is 14.8. The molecule has 5 heterocycles. The third kappa shape index (κ3) is 12.5. The Labute approximate surface area is 457 Å². The first kappa shape index (κ1) is 60.7. The van der Waals surface area contributed by atoms with Crippen molar-refractivity contribution in [3.63, 3.8) is 0 Å². The van der Waals surface area contributed by atoms with Crippen LogP contribution in [0.4, 0.5) is 14.4 Å². The van der Waals surface area contributed by atoms with Crippen molar-refractivity contribution in [3.05, 3.63) is 156 Å². The molecule has 21 nitrogen and oxygen atoms in total. The summed E-state index contributed by atoms with van der Waals surface area (Å²) in [5.41, 5.74) is -2.34. The van der Waals surface area contributed by atoms with E-state index in [1.807, 2.05) is 126 Å². The van der Waals surface area contributed by atoms with Crippen LogP contribution in [0.1, 0.15) is 109 Å². The van der Waals surface area contributed by atoms with Crippen molar-refractivity contribution < 1.29 is 57.5 Å². The number of rotatable bonds is 12. The lowest BCUT2D eigenvalue weighted by Crippen LogP contribution is -2.64. The summed E-state index contributed by atoms with van der Waals surface area (Å²) in [5, 5.41) is 21.3. The molecule has 0 saturated carbocycles. The number of urea groups is 3. The number of benzene rings is 4. The zero-order valence-corrected chi connectivity index (χ0v) is 45.0. The van der Waals surface area contributed by atoms with Gasteiger partial charge in [-0.25, -0.2) is 14.4 Å². The molecule has 416 valence electrons. The SMILES string of the molecule is C=CCC1(C(C)CCC)C(=O)NC(=O)NC1=O.CCC1(C)CC(=O)NC1=O.CCC1(c2ccccc2)C(=O)NC(=O)NC1=O.CCC1(c2ccccc2)C(=O)NCNC1=O.O=C1NC(=O)C(c2ccccc2)(c2ccccc2)N1. The van der Waals surface area contributed by atoms with E-state index >= 15 is 0 Å². The van der Waals surface area contributed by atoms with E-state index in [4.69, 9.17) is 0 Å². The van der Waals surface area contributed by atoms with Gasteiger partial charge in [-0.3, -0.25) is 75.1 Å². The van der Waals surface area contributed by atoms with Gasteiger partial charge in [0, 0.05) is 6.42 Å². The number of carbonyl (C=O) groups excluding carboxylic acids is 12. The molecule has 5 aliphatic rings. The molecule has 0 aliphatic carbocycles. The number of carbonyl (C=O) groups is 12. The van der Waals surface area contributed by atoms with Crippen LogP contribution in [0.2, 0.25) is 0 Å². The molecule has 0 aromatic heterocycles. The summed E-state index contributed by atoms with van der Waals surface area (Å²) >= 11 is 0. The molecule has 0 bridgehead atoms. The van der Waals surface area contributed by atoms with Gasteiger partial charge < -0.3 is 16.0 Å². The van der Waals surface area contributed by atoms with E-state index in [1.165, 1.54) is 0 Å². The average molecular weight is 1080 g/mol. The second-order valence-electron chi connectivity index (χ2n) is 19.4. The Morgan fingerprint density at radius 3 is 1.16 bits per heavy atom. The Morgan fingerprint density at radius 1 is 0.468 bits per heavy atom. The molecule has 15 amide bonds. The van der Waals surface area contributed by atoms with Crippen LogP contribution in [0, 0.1) is 16.7 Å². The fourth-order valence-corrected chi connectivity index (χ4v) is 9.94. The van der Waals surface area contributed by atoms with Crippen LogP contribution in [-0.2, 0) is 59.5 Å². The zero-order valence-electron chi connectivity index (χ0n) is 45.0. The molecule has 5 aliphatic heterocycles. The first-order valence-electron chi connectivity index (χ1n) is 25.8. The van der Waals surface area contributed by atoms with Crippen LogP contribution in [-0.4, -0.2) is 77.9 Å². The summed E-state index contributed by atoms with van der Waals surface area (Å²) < 4.78 is 0. The molecule has 79 heavy (non-hydrogen) atoms. The molecular weight excluding hydrogens is 1010 g/mol. The maximum absolute atomic E-state index is 12.3. The van der Waals surface area contributed by atoms with Crippen molar-refractivity contribution in [1.29, 1.82) is 0 Å². The molecule has 0 spiro atoms. The van der Waals surface area contributed by atoms with Gasteiger partial charge in [0.05, 0.1) is 12.1 Å². The molecule has 21 heteroatoms. The van der Waals surface area contributed by atoms with Crippen LogP contribution >= 0.6 is 0 Å². The van der Waals surface area contributed by atoms with E-state index in [-0.39, 0.29) is 48.5 Å². The van der Waals surface area contributed by atoms with E-state index in [1.54, 1.807) is 43.3 Å². The van der Waals surface area contributed by atoms with Crippen LogP contribution in [0.25, 0.3) is 0 Å². The molecule has 4 aromatic rings. The quantitative estimate of drug-likeness (QED) is 0.0400. The van der Waals surface area contributed by atoms with Gasteiger partial charge in [-0.1, -0.05) is 175 Å². The van der Waals surface area contributed by atoms with Crippen molar-refractivity contribution >= 4 is 71.3 Å². The molecule has 2 atom stereocenters. The van der Waals surface area contributed by atoms with Gasteiger partial charge >= 0.3 is 18.1 Å². The number of nitrogens with one attached hydrogen (secondary N) is 9. The van der Waals surface area contributed by atoms with Gasteiger partial charge in [-0.2, -0.15) is 0 Å². The Kier molecular flexibility index (Phi) is 20.2. The minimum Gasteiger partial charge on any atom is -0.337 e. The molecule has 2 unspecified atom stereocenters. The Hall–Kier alpha value is -9.14. The van der Waals surface area contributed by atoms with Crippen molar-refractivity contribution in [2.75, 3.05) is 6.67 Å². The maximum Gasteiger partial charge on any atom is 0.328 e. The predicted molar refractivity (Wildman–Crippen MR) is 289 cm³/mol. The maximum atomic E-state index is 12.3. The summed E-state index contributed by atoms with van der Waals surface area (Å²) in [7, 11) is 0. The number of allylic oxidation sites excluding steroid dienone is 1. The number of barbiturate groups is 2. The molecule has 0 radical (unpaired) electrons.